The van der Waals surface area contributed by atoms with Gasteiger partial charge < -0.3 is 10.2 Å². The van der Waals surface area contributed by atoms with E-state index < -0.39 is 0 Å². The highest BCUT2D eigenvalue weighted by Gasteiger charge is 2.31. The Balaban J connectivity index is 1.77. The van der Waals surface area contributed by atoms with E-state index in [-0.39, 0.29) is 5.91 Å². The van der Waals surface area contributed by atoms with Crippen molar-refractivity contribution in [1.82, 2.24) is 20.0 Å². The maximum atomic E-state index is 13.0. The molecule has 1 aliphatic carbocycles. The second-order valence-corrected chi connectivity index (χ2v) is 7.82. The lowest BCUT2D eigenvalue weighted by Gasteiger charge is -2.25. The van der Waals surface area contributed by atoms with Crippen molar-refractivity contribution in [2.45, 2.75) is 65.0 Å². The topological polar surface area (TPSA) is 50.2 Å². The molecule has 1 aromatic rings. The van der Waals surface area contributed by atoms with E-state index >= 15 is 0 Å². The van der Waals surface area contributed by atoms with Gasteiger partial charge >= 0.3 is 0 Å². The Labute approximate surface area is 151 Å². The van der Waals surface area contributed by atoms with Gasteiger partial charge in [0.2, 0.25) is 0 Å². The van der Waals surface area contributed by atoms with Crippen molar-refractivity contribution >= 4 is 5.91 Å². The fourth-order valence-electron chi connectivity index (χ4n) is 3.95. The number of hydrogen-bond donors (Lipinski definition) is 1. The maximum Gasteiger partial charge on any atom is 0.274 e. The zero-order valence-electron chi connectivity index (χ0n) is 15.8. The van der Waals surface area contributed by atoms with Crippen LogP contribution in [0.1, 0.15) is 61.3 Å². The van der Waals surface area contributed by atoms with E-state index in [0.717, 1.165) is 51.7 Å². The summed E-state index contributed by atoms with van der Waals surface area (Å²) in [6.07, 6.45) is 8.30. The Morgan fingerprint density at radius 3 is 2.84 bits per heavy atom. The first-order valence-corrected chi connectivity index (χ1v) is 9.82. The third-order valence-corrected chi connectivity index (χ3v) is 5.40. The van der Waals surface area contributed by atoms with E-state index in [1.807, 2.05) is 15.7 Å². The summed E-state index contributed by atoms with van der Waals surface area (Å²) >= 11 is 0. The van der Waals surface area contributed by atoms with Crippen LogP contribution in [0.5, 0.6) is 0 Å². The van der Waals surface area contributed by atoms with Crippen molar-refractivity contribution in [3.05, 3.63) is 29.6 Å². The van der Waals surface area contributed by atoms with E-state index in [4.69, 9.17) is 5.10 Å². The summed E-state index contributed by atoms with van der Waals surface area (Å²) in [5.74, 6) is 0.841. The average molecular weight is 345 g/mol. The van der Waals surface area contributed by atoms with Gasteiger partial charge in [0.1, 0.15) is 0 Å². The van der Waals surface area contributed by atoms with Crippen LogP contribution in [0.2, 0.25) is 0 Å². The van der Waals surface area contributed by atoms with E-state index in [9.17, 15) is 4.79 Å². The highest BCUT2D eigenvalue weighted by molar-refractivity contribution is 5.94. The molecular weight excluding hydrogens is 312 g/mol. The molecule has 1 aromatic heterocycles. The van der Waals surface area contributed by atoms with Gasteiger partial charge in [-0.25, -0.2) is 0 Å². The summed E-state index contributed by atoms with van der Waals surface area (Å²) in [6, 6.07) is 0.456. The molecule has 1 atom stereocenters. The van der Waals surface area contributed by atoms with Crippen molar-refractivity contribution in [3.8, 4) is 0 Å². The fraction of sp³-hybridized carbons (Fsp3) is 0.700. The molecule has 1 saturated heterocycles. The maximum absolute atomic E-state index is 13.0. The second kappa shape index (κ2) is 8.17. The van der Waals surface area contributed by atoms with Gasteiger partial charge in [0.25, 0.3) is 5.91 Å². The van der Waals surface area contributed by atoms with Gasteiger partial charge in [0.15, 0.2) is 5.69 Å². The van der Waals surface area contributed by atoms with Gasteiger partial charge in [-0.1, -0.05) is 19.9 Å². The van der Waals surface area contributed by atoms with Crippen molar-refractivity contribution in [1.29, 1.82) is 0 Å². The first kappa shape index (κ1) is 18.2. The first-order valence-electron chi connectivity index (χ1n) is 9.82. The molecule has 5 nitrogen and oxygen atoms in total. The normalized spacial score (nSPS) is 20.1. The summed E-state index contributed by atoms with van der Waals surface area (Å²) in [5.41, 5.74) is 3.10. The second-order valence-electron chi connectivity index (χ2n) is 7.82. The number of amides is 1. The van der Waals surface area contributed by atoms with E-state index in [1.165, 1.54) is 17.7 Å². The van der Waals surface area contributed by atoms with Crippen molar-refractivity contribution in [2.75, 3.05) is 19.6 Å². The zero-order chi connectivity index (χ0) is 17.8. The Bertz CT molecular complexity index is 613. The molecule has 25 heavy (non-hydrogen) atoms. The predicted molar refractivity (Wildman–Crippen MR) is 101 cm³/mol. The number of allylic oxidation sites excluding steroid dienone is 1. The molecule has 138 valence electrons. The predicted octanol–water partition coefficient (Wildman–Crippen LogP) is 2.80. The molecule has 3 rings (SSSR count). The molecular formula is C20H32N4O. The Morgan fingerprint density at radius 2 is 2.16 bits per heavy atom. The van der Waals surface area contributed by atoms with Crippen LogP contribution in [0.15, 0.2) is 12.7 Å². The third kappa shape index (κ3) is 4.14. The van der Waals surface area contributed by atoms with Crippen LogP contribution in [0.4, 0.5) is 0 Å². The van der Waals surface area contributed by atoms with Crippen LogP contribution in [0.3, 0.4) is 0 Å². The SMILES string of the molecule is C=CCn1nc(C(=O)N2CCCC2)c2c1CCC(NCCC(C)C)C2. The molecule has 0 radical (unpaired) electrons. The Hall–Kier alpha value is -1.62. The minimum absolute atomic E-state index is 0.124. The number of nitrogens with one attached hydrogen (secondary N) is 1. The number of aromatic nitrogens is 2. The lowest BCUT2D eigenvalue weighted by atomic mass is 9.91. The van der Waals surface area contributed by atoms with Crippen LogP contribution in [-0.4, -0.2) is 46.3 Å². The van der Waals surface area contributed by atoms with Gasteiger partial charge in [-0.05, 0) is 51.0 Å². The van der Waals surface area contributed by atoms with Crippen molar-refractivity contribution in [2.24, 2.45) is 5.92 Å². The number of rotatable bonds is 7. The van der Waals surface area contributed by atoms with Crippen LogP contribution >= 0.6 is 0 Å². The van der Waals surface area contributed by atoms with E-state index in [2.05, 4.69) is 25.7 Å². The number of carbonyl (C=O) groups is 1. The molecule has 1 N–H and O–H groups in total. The van der Waals surface area contributed by atoms with Gasteiger partial charge in [0.05, 0.1) is 6.54 Å². The van der Waals surface area contributed by atoms with Crippen LogP contribution < -0.4 is 5.32 Å². The average Bonchev–Trinajstić information content (AvgIpc) is 3.23. The lowest BCUT2D eigenvalue weighted by Crippen LogP contribution is -2.37. The number of likely N-dealkylation sites (tertiary alicyclic amines) is 1. The van der Waals surface area contributed by atoms with E-state index in [0.29, 0.717) is 24.2 Å². The first-order chi connectivity index (χ1) is 12.1. The molecule has 0 saturated carbocycles. The largest absolute Gasteiger partial charge is 0.337 e. The minimum atomic E-state index is 0.124. The molecule has 5 heteroatoms. The molecule has 0 aromatic carbocycles. The third-order valence-electron chi connectivity index (χ3n) is 5.40. The van der Waals surface area contributed by atoms with E-state index in [1.54, 1.807) is 0 Å². The molecule has 0 bridgehead atoms. The molecule has 1 unspecified atom stereocenters. The van der Waals surface area contributed by atoms with Gasteiger partial charge in [0, 0.05) is 30.4 Å². The summed E-state index contributed by atoms with van der Waals surface area (Å²) in [5, 5.41) is 8.38. The number of hydrogen-bond acceptors (Lipinski definition) is 3. The number of fused-ring (bicyclic) bond motifs is 1. The molecule has 2 heterocycles. The van der Waals surface area contributed by atoms with Crippen molar-refractivity contribution < 1.29 is 4.79 Å². The smallest absolute Gasteiger partial charge is 0.274 e. The summed E-state index contributed by atoms with van der Waals surface area (Å²) in [4.78, 5) is 14.9. The van der Waals surface area contributed by atoms with Crippen molar-refractivity contribution in [3.63, 3.8) is 0 Å². The zero-order valence-corrected chi connectivity index (χ0v) is 15.8. The van der Waals surface area contributed by atoms with Gasteiger partial charge in [-0.2, -0.15) is 5.10 Å². The van der Waals surface area contributed by atoms with Crippen LogP contribution in [-0.2, 0) is 19.4 Å². The minimum Gasteiger partial charge on any atom is -0.337 e. The summed E-state index contributed by atoms with van der Waals surface area (Å²) < 4.78 is 2.00. The Kier molecular flexibility index (Phi) is 5.94. The molecule has 0 spiro atoms. The van der Waals surface area contributed by atoms with Crippen LogP contribution in [0.25, 0.3) is 0 Å². The standard InChI is InChI=1S/C20H32N4O/c1-4-11-24-18-8-7-16(21-10-9-15(2)3)14-17(18)19(22-24)20(25)23-12-5-6-13-23/h4,15-16,21H,1,5-14H2,2-3H3. The lowest BCUT2D eigenvalue weighted by molar-refractivity contribution is 0.0785. The summed E-state index contributed by atoms with van der Waals surface area (Å²) in [6.45, 7) is 11.8. The Morgan fingerprint density at radius 1 is 1.40 bits per heavy atom. The highest BCUT2D eigenvalue weighted by Crippen LogP contribution is 2.27. The number of nitrogens with zero attached hydrogens (tertiary/aromatic N) is 3. The van der Waals surface area contributed by atoms with Gasteiger partial charge in [-0.15, -0.1) is 6.58 Å². The van der Waals surface area contributed by atoms with Gasteiger partial charge in [-0.3, -0.25) is 9.48 Å². The monoisotopic (exact) mass is 344 g/mol. The quantitative estimate of drug-likeness (QED) is 0.774. The van der Waals surface area contributed by atoms with Crippen LogP contribution in [0, 0.1) is 5.92 Å². The molecule has 1 amide bonds. The number of carbonyl (C=O) groups excluding carboxylic acids is 1. The molecule has 1 aliphatic heterocycles. The highest BCUT2D eigenvalue weighted by atomic mass is 16.2. The molecule has 1 fully saturated rings. The molecule has 2 aliphatic rings. The fourth-order valence-corrected chi connectivity index (χ4v) is 3.95. The summed E-state index contributed by atoms with van der Waals surface area (Å²) in [7, 11) is 0.